The molecule has 0 unspecified atom stereocenters. The molecular formula is C38H24O. The van der Waals surface area contributed by atoms with Crippen LogP contribution in [0.2, 0.25) is 0 Å². The summed E-state index contributed by atoms with van der Waals surface area (Å²) >= 11 is 0. The number of benzene rings is 6. The summed E-state index contributed by atoms with van der Waals surface area (Å²) in [5.41, 5.74) is 15.1. The van der Waals surface area contributed by atoms with Crippen LogP contribution in [-0.2, 0) is 11.8 Å². The summed E-state index contributed by atoms with van der Waals surface area (Å²) < 4.78 is 6.43. The minimum absolute atomic E-state index is 0.305. The lowest BCUT2D eigenvalue weighted by molar-refractivity contribution is 0.664. The lowest BCUT2D eigenvalue weighted by Crippen LogP contribution is -2.25. The van der Waals surface area contributed by atoms with Gasteiger partial charge in [-0.1, -0.05) is 127 Å². The van der Waals surface area contributed by atoms with Gasteiger partial charge >= 0.3 is 0 Å². The molecule has 2 aliphatic carbocycles. The first-order valence-corrected chi connectivity index (χ1v) is 13.7. The first-order chi connectivity index (χ1) is 19.4. The van der Waals surface area contributed by atoms with E-state index < -0.39 is 0 Å². The van der Waals surface area contributed by atoms with Crippen molar-refractivity contribution in [2.75, 3.05) is 0 Å². The van der Waals surface area contributed by atoms with E-state index in [-0.39, 0.29) is 5.41 Å². The Balaban J connectivity index is 1.33. The summed E-state index contributed by atoms with van der Waals surface area (Å²) in [6.07, 6.45) is 0.814. The van der Waals surface area contributed by atoms with Crippen molar-refractivity contribution in [2.45, 2.75) is 11.8 Å². The Morgan fingerprint density at radius 1 is 0.436 bits per heavy atom. The molecule has 0 atom stereocenters. The molecule has 2 aliphatic rings. The molecule has 0 N–H and O–H groups in total. The van der Waals surface area contributed by atoms with Gasteiger partial charge in [0.2, 0.25) is 0 Å². The fourth-order valence-electron chi connectivity index (χ4n) is 7.52. The number of hydrogen-bond donors (Lipinski definition) is 0. The summed E-state index contributed by atoms with van der Waals surface area (Å²) in [4.78, 5) is 0. The molecule has 0 fully saturated rings. The van der Waals surface area contributed by atoms with Crippen molar-refractivity contribution < 1.29 is 4.42 Å². The lowest BCUT2D eigenvalue weighted by Gasteiger charge is -2.30. The lowest BCUT2D eigenvalue weighted by atomic mass is 9.70. The van der Waals surface area contributed by atoms with E-state index in [0.29, 0.717) is 0 Å². The van der Waals surface area contributed by atoms with Gasteiger partial charge in [0.1, 0.15) is 11.2 Å². The molecule has 0 amide bonds. The minimum atomic E-state index is -0.305. The molecule has 0 saturated carbocycles. The molecule has 9 rings (SSSR count). The zero-order valence-electron chi connectivity index (χ0n) is 21.3. The Morgan fingerprint density at radius 2 is 0.974 bits per heavy atom. The van der Waals surface area contributed by atoms with Gasteiger partial charge in [-0.25, -0.2) is 0 Å². The van der Waals surface area contributed by atoms with Crippen molar-refractivity contribution in [3.05, 3.63) is 167 Å². The van der Waals surface area contributed by atoms with Crippen LogP contribution in [0.4, 0.5) is 0 Å². The predicted octanol–water partition coefficient (Wildman–Crippen LogP) is 9.52. The zero-order valence-corrected chi connectivity index (χ0v) is 21.3. The quantitative estimate of drug-likeness (QED) is 0.232. The van der Waals surface area contributed by atoms with Crippen LogP contribution >= 0.6 is 0 Å². The smallest absolute Gasteiger partial charge is 0.138 e. The van der Waals surface area contributed by atoms with E-state index in [1.54, 1.807) is 0 Å². The standard InChI is InChI=1S/C38H24O/c1-5-18-31-26(13-1)27-14-2-6-19-32(27)38(31)33-20-7-3-16-30(33)36-24(11-10-21-34(36)38)23-25-12-9-17-29-28-15-4-8-22-35(28)39-37(25)29/h1-22H,23H2. The second kappa shape index (κ2) is 7.58. The van der Waals surface area contributed by atoms with E-state index in [2.05, 4.69) is 127 Å². The predicted molar refractivity (Wildman–Crippen MR) is 159 cm³/mol. The van der Waals surface area contributed by atoms with Crippen molar-refractivity contribution in [3.8, 4) is 22.3 Å². The Hall–Kier alpha value is -4.88. The maximum atomic E-state index is 6.43. The van der Waals surface area contributed by atoms with Crippen LogP contribution in [0.15, 0.2) is 138 Å². The molecular weight excluding hydrogens is 472 g/mol. The Bertz CT molecular complexity index is 2060. The van der Waals surface area contributed by atoms with Crippen molar-refractivity contribution in [2.24, 2.45) is 0 Å². The van der Waals surface area contributed by atoms with Crippen LogP contribution in [-0.4, -0.2) is 0 Å². The van der Waals surface area contributed by atoms with Gasteiger partial charge in [0.15, 0.2) is 0 Å². The fourth-order valence-corrected chi connectivity index (χ4v) is 7.52. The highest BCUT2D eigenvalue weighted by Gasteiger charge is 2.51. The summed E-state index contributed by atoms with van der Waals surface area (Å²) in [6, 6.07) is 48.9. The van der Waals surface area contributed by atoms with Gasteiger partial charge in [-0.15, -0.1) is 0 Å². The molecule has 6 aromatic carbocycles. The maximum absolute atomic E-state index is 6.43. The molecule has 0 bridgehead atoms. The summed E-state index contributed by atoms with van der Waals surface area (Å²) in [5, 5.41) is 2.36. The molecule has 1 heteroatoms. The molecule has 0 aliphatic heterocycles. The molecule has 1 heterocycles. The van der Waals surface area contributed by atoms with E-state index in [9.17, 15) is 0 Å². The average molecular weight is 497 g/mol. The fraction of sp³-hybridized carbons (Fsp3) is 0.0526. The number of para-hydroxylation sites is 2. The van der Waals surface area contributed by atoms with Crippen LogP contribution in [0.3, 0.4) is 0 Å². The Labute approximate surface area is 227 Å². The highest BCUT2D eigenvalue weighted by Crippen LogP contribution is 2.63. The van der Waals surface area contributed by atoms with E-state index in [1.807, 2.05) is 6.07 Å². The van der Waals surface area contributed by atoms with Gasteiger partial charge in [-0.3, -0.25) is 0 Å². The normalized spacial score (nSPS) is 13.9. The molecule has 0 saturated heterocycles. The summed E-state index contributed by atoms with van der Waals surface area (Å²) in [5.74, 6) is 0. The van der Waals surface area contributed by atoms with E-state index >= 15 is 0 Å². The summed E-state index contributed by atoms with van der Waals surface area (Å²) in [6.45, 7) is 0. The third-order valence-electron chi connectivity index (χ3n) is 8.97. The van der Waals surface area contributed by atoms with Gasteiger partial charge < -0.3 is 4.42 Å². The van der Waals surface area contributed by atoms with E-state index in [0.717, 1.165) is 17.6 Å². The van der Waals surface area contributed by atoms with Crippen LogP contribution in [0.5, 0.6) is 0 Å². The third kappa shape index (κ3) is 2.60. The molecule has 0 radical (unpaired) electrons. The Kier molecular flexibility index (Phi) is 4.10. The summed E-state index contributed by atoms with van der Waals surface area (Å²) in [7, 11) is 0. The molecule has 39 heavy (non-hydrogen) atoms. The van der Waals surface area contributed by atoms with Gasteiger partial charge in [-0.05, 0) is 61.7 Å². The number of furan rings is 1. The monoisotopic (exact) mass is 496 g/mol. The SMILES string of the molecule is c1ccc2c(c1)-c1ccccc1C21c2ccccc2-c2c(Cc3cccc4c3oc3ccccc34)cccc21. The Morgan fingerprint density at radius 3 is 1.74 bits per heavy atom. The minimum Gasteiger partial charge on any atom is -0.456 e. The number of fused-ring (bicyclic) bond motifs is 13. The molecule has 7 aromatic rings. The van der Waals surface area contributed by atoms with Crippen molar-refractivity contribution in [3.63, 3.8) is 0 Å². The van der Waals surface area contributed by atoms with Crippen LogP contribution in [0.1, 0.15) is 33.4 Å². The van der Waals surface area contributed by atoms with E-state index in [1.165, 1.54) is 66.4 Å². The topological polar surface area (TPSA) is 13.1 Å². The molecule has 1 aromatic heterocycles. The molecule has 1 spiro atoms. The first kappa shape index (κ1) is 21.1. The van der Waals surface area contributed by atoms with Gasteiger partial charge in [0.05, 0.1) is 5.41 Å². The van der Waals surface area contributed by atoms with Crippen molar-refractivity contribution in [1.82, 2.24) is 0 Å². The van der Waals surface area contributed by atoms with Crippen LogP contribution < -0.4 is 0 Å². The van der Waals surface area contributed by atoms with Gasteiger partial charge in [-0.2, -0.15) is 0 Å². The number of hydrogen-bond acceptors (Lipinski definition) is 1. The zero-order chi connectivity index (χ0) is 25.6. The molecule has 1 nitrogen and oxygen atoms in total. The number of rotatable bonds is 2. The van der Waals surface area contributed by atoms with Crippen molar-refractivity contribution >= 4 is 21.9 Å². The molecule has 182 valence electrons. The van der Waals surface area contributed by atoms with Crippen LogP contribution in [0.25, 0.3) is 44.2 Å². The highest BCUT2D eigenvalue weighted by atomic mass is 16.3. The second-order valence-electron chi connectivity index (χ2n) is 10.8. The maximum Gasteiger partial charge on any atom is 0.138 e. The van der Waals surface area contributed by atoms with Gasteiger partial charge in [0, 0.05) is 17.2 Å². The highest BCUT2D eigenvalue weighted by molar-refractivity contribution is 6.06. The second-order valence-corrected chi connectivity index (χ2v) is 10.8. The first-order valence-electron chi connectivity index (χ1n) is 13.7. The van der Waals surface area contributed by atoms with Gasteiger partial charge in [0.25, 0.3) is 0 Å². The van der Waals surface area contributed by atoms with E-state index in [4.69, 9.17) is 4.42 Å². The van der Waals surface area contributed by atoms with Crippen LogP contribution in [0, 0.1) is 0 Å². The average Bonchev–Trinajstić information content (AvgIpc) is 3.62. The third-order valence-corrected chi connectivity index (χ3v) is 8.97. The van der Waals surface area contributed by atoms with Crippen molar-refractivity contribution in [1.29, 1.82) is 0 Å². The largest absolute Gasteiger partial charge is 0.456 e.